The van der Waals surface area contributed by atoms with E-state index in [-0.39, 0.29) is 53.6 Å². The van der Waals surface area contributed by atoms with Crippen LogP contribution in [0.1, 0.15) is 54.8 Å². The maximum absolute atomic E-state index is 13.5. The monoisotopic (exact) mass is 490 g/mol. The van der Waals surface area contributed by atoms with Gasteiger partial charge in [0, 0.05) is 7.92 Å². The first-order valence-corrected chi connectivity index (χ1v) is 12.2. The molecular formula is C22H23Cl4O2P. The molecule has 29 heavy (non-hydrogen) atoms. The van der Waals surface area contributed by atoms with Crippen molar-refractivity contribution in [3.63, 3.8) is 0 Å². The molecule has 0 spiro atoms. The number of halogens is 4. The highest BCUT2D eigenvalue weighted by atomic mass is 35.5. The van der Waals surface area contributed by atoms with Crippen molar-refractivity contribution in [3.8, 4) is 0 Å². The van der Waals surface area contributed by atoms with Gasteiger partial charge in [0.15, 0.2) is 11.0 Å². The third kappa shape index (κ3) is 6.42. The molecule has 0 heterocycles. The molecule has 156 valence electrons. The fraction of sp³-hybridized carbons (Fsp3) is 0.364. The first-order chi connectivity index (χ1) is 13.4. The summed E-state index contributed by atoms with van der Waals surface area (Å²) in [5.41, 5.74) is -0.270. The molecule has 0 aromatic heterocycles. The molecule has 7 heteroatoms. The first kappa shape index (κ1) is 24.6. The Morgan fingerprint density at radius 2 is 1.17 bits per heavy atom. The van der Waals surface area contributed by atoms with Crippen LogP contribution in [0, 0.1) is 11.3 Å². The fourth-order valence-electron chi connectivity index (χ4n) is 3.35. The van der Waals surface area contributed by atoms with E-state index in [0.717, 1.165) is 6.42 Å². The zero-order valence-electron chi connectivity index (χ0n) is 16.7. The van der Waals surface area contributed by atoms with Crippen molar-refractivity contribution in [1.29, 1.82) is 0 Å². The van der Waals surface area contributed by atoms with Gasteiger partial charge in [0.1, 0.15) is 0 Å². The normalized spacial score (nSPS) is 12.9. The minimum Gasteiger partial charge on any atom is -0.288 e. The van der Waals surface area contributed by atoms with E-state index in [1.807, 2.05) is 6.92 Å². The molecule has 0 bridgehead atoms. The van der Waals surface area contributed by atoms with Crippen molar-refractivity contribution in [2.75, 3.05) is 6.16 Å². The van der Waals surface area contributed by atoms with Crippen LogP contribution >= 0.6 is 54.3 Å². The van der Waals surface area contributed by atoms with Gasteiger partial charge < -0.3 is 0 Å². The number of hydrogen-bond donors (Lipinski definition) is 0. The van der Waals surface area contributed by atoms with E-state index in [1.165, 1.54) is 0 Å². The molecule has 0 fully saturated rings. The quantitative estimate of drug-likeness (QED) is 0.362. The van der Waals surface area contributed by atoms with Gasteiger partial charge in [-0.1, -0.05) is 86.2 Å². The number of hydrogen-bond acceptors (Lipinski definition) is 2. The summed E-state index contributed by atoms with van der Waals surface area (Å²) in [6.45, 7) is 8.44. The maximum Gasteiger partial charge on any atom is 0.195 e. The number of carbonyl (C=O) groups excluding carboxylic acids is 2. The van der Waals surface area contributed by atoms with Gasteiger partial charge in [-0.25, -0.2) is 0 Å². The second-order valence-corrected chi connectivity index (χ2v) is 11.9. The number of benzene rings is 2. The molecule has 0 aliphatic heterocycles. The van der Waals surface area contributed by atoms with Crippen molar-refractivity contribution in [2.45, 2.75) is 34.1 Å². The molecule has 0 N–H and O–H groups in total. The molecule has 0 aliphatic rings. The molecular weight excluding hydrogens is 469 g/mol. The van der Waals surface area contributed by atoms with E-state index in [9.17, 15) is 9.59 Å². The molecule has 0 saturated heterocycles. The predicted octanol–water partition coefficient (Wildman–Crippen LogP) is 8.83. The van der Waals surface area contributed by atoms with Crippen molar-refractivity contribution < 1.29 is 9.59 Å². The second-order valence-electron chi connectivity index (χ2n) is 8.28. The van der Waals surface area contributed by atoms with Crippen molar-refractivity contribution in [2.24, 2.45) is 11.3 Å². The summed E-state index contributed by atoms with van der Waals surface area (Å²) in [6, 6.07) is 9.72. The predicted molar refractivity (Wildman–Crippen MR) is 127 cm³/mol. The van der Waals surface area contributed by atoms with Gasteiger partial charge in [0.2, 0.25) is 0 Å². The van der Waals surface area contributed by atoms with Crippen LogP contribution in [0.5, 0.6) is 0 Å². The number of rotatable bonds is 7. The molecule has 2 aromatic carbocycles. The summed E-state index contributed by atoms with van der Waals surface area (Å²) >= 11 is 25.1. The third-order valence-electron chi connectivity index (χ3n) is 4.30. The van der Waals surface area contributed by atoms with E-state index in [2.05, 4.69) is 20.8 Å². The van der Waals surface area contributed by atoms with Gasteiger partial charge in [0.25, 0.3) is 0 Å². The molecule has 1 unspecified atom stereocenters. The lowest BCUT2D eigenvalue weighted by molar-refractivity contribution is 0.105. The van der Waals surface area contributed by atoms with Gasteiger partial charge >= 0.3 is 0 Å². The minimum atomic E-state index is -1.81. The molecule has 2 nitrogen and oxygen atoms in total. The minimum absolute atomic E-state index is 0.0661. The summed E-state index contributed by atoms with van der Waals surface area (Å²) in [4.78, 5) is 27.0. The topological polar surface area (TPSA) is 34.1 Å². The fourth-order valence-corrected chi connectivity index (χ4v) is 7.05. The van der Waals surface area contributed by atoms with Crippen LogP contribution in [0.15, 0.2) is 36.4 Å². The van der Waals surface area contributed by atoms with Crippen LogP contribution in [0.25, 0.3) is 0 Å². The molecule has 0 amide bonds. The van der Waals surface area contributed by atoms with Gasteiger partial charge in [-0.05, 0) is 48.2 Å². The average Bonchev–Trinajstić information content (AvgIpc) is 2.57. The molecule has 0 radical (unpaired) electrons. The first-order valence-electron chi connectivity index (χ1n) is 9.16. The van der Waals surface area contributed by atoms with E-state index in [4.69, 9.17) is 46.4 Å². The molecule has 0 aliphatic carbocycles. The summed E-state index contributed by atoms with van der Waals surface area (Å²) in [6.07, 6.45) is 1.27. The lowest BCUT2D eigenvalue weighted by Gasteiger charge is -2.26. The standard InChI is InChI=1S/C22H23Cl4O2P/c1-13(11-22(2,3)4)12-29(20(27)18-14(23)7-5-8-15(18)24)21(28)19-16(25)9-6-10-17(19)26/h5-10,13H,11-12H2,1-4H3. The lowest BCUT2D eigenvalue weighted by atomic mass is 9.86. The Morgan fingerprint density at radius 3 is 1.48 bits per heavy atom. The largest absolute Gasteiger partial charge is 0.288 e. The zero-order chi connectivity index (χ0) is 21.9. The van der Waals surface area contributed by atoms with Crippen LogP contribution in [0.4, 0.5) is 0 Å². The highest BCUT2D eigenvalue weighted by molar-refractivity contribution is 7.90. The van der Waals surface area contributed by atoms with Crippen LogP contribution < -0.4 is 0 Å². The van der Waals surface area contributed by atoms with Crippen LogP contribution in [0.3, 0.4) is 0 Å². The van der Waals surface area contributed by atoms with Gasteiger partial charge in [-0.15, -0.1) is 0 Å². The van der Waals surface area contributed by atoms with Crippen molar-refractivity contribution in [1.82, 2.24) is 0 Å². The van der Waals surface area contributed by atoms with Crippen LogP contribution in [0.2, 0.25) is 20.1 Å². The van der Waals surface area contributed by atoms with E-state index in [1.54, 1.807) is 36.4 Å². The summed E-state index contributed by atoms with van der Waals surface area (Å²) in [5.74, 6) is 0.136. The number of carbonyl (C=O) groups is 2. The van der Waals surface area contributed by atoms with E-state index < -0.39 is 7.92 Å². The summed E-state index contributed by atoms with van der Waals surface area (Å²) < 4.78 is 0. The van der Waals surface area contributed by atoms with Gasteiger partial charge in [-0.3, -0.25) is 9.59 Å². The zero-order valence-corrected chi connectivity index (χ0v) is 20.6. The SMILES string of the molecule is CC(CP(C(=O)c1c(Cl)cccc1Cl)C(=O)c1c(Cl)cccc1Cl)CC(C)(C)C. The van der Waals surface area contributed by atoms with Crippen LogP contribution in [-0.4, -0.2) is 17.2 Å². The lowest BCUT2D eigenvalue weighted by Crippen LogP contribution is -2.18. The van der Waals surface area contributed by atoms with Gasteiger partial charge in [0.05, 0.1) is 31.2 Å². The summed E-state index contributed by atoms with van der Waals surface area (Å²) in [7, 11) is -1.81. The van der Waals surface area contributed by atoms with E-state index in [0.29, 0.717) is 6.16 Å². The molecule has 0 saturated carbocycles. The third-order valence-corrected chi connectivity index (χ3v) is 7.97. The molecule has 2 rings (SSSR count). The Balaban J connectivity index is 2.51. The van der Waals surface area contributed by atoms with E-state index >= 15 is 0 Å². The Labute approximate surface area is 193 Å². The van der Waals surface area contributed by atoms with Gasteiger partial charge in [-0.2, -0.15) is 0 Å². The second kappa shape index (κ2) is 10.1. The van der Waals surface area contributed by atoms with Crippen LogP contribution in [-0.2, 0) is 0 Å². The Bertz CT molecular complexity index is 818. The highest BCUT2D eigenvalue weighted by Crippen LogP contribution is 2.50. The Kier molecular flexibility index (Phi) is 8.60. The van der Waals surface area contributed by atoms with Crippen molar-refractivity contribution in [3.05, 3.63) is 67.6 Å². The average molecular weight is 492 g/mol. The Hall–Kier alpha value is -0.630. The Morgan fingerprint density at radius 1 is 0.828 bits per heavy atom. The maximum atomic E-state index is 13.5. The molecule has 2 aromatic rings. The highest BCUT2D eigenvalue weighted by Gasteiger charge is 2.34. The van der Waals surface area contributed by atoms with Crippen molar-refractivity contribution >= 4 is 65.4 Å². The summed E-state index contributed by atoms with van der Waals surface area (Å²) in [5, 5.41) is 0.932. The smallest absolute Gasteiger partial charge is 0.195 e. The molecule has 1 atom stereocenters.